The van der Waals surface area contributed by atoms with Crippen molar-refractivity contribution in [2.75, 3.05) is 20.8 Å². The maximum Gasteiger partial charge on any atom is 0.412 e. The predicted molar refractivity (Wildman–Crippen MR) is 74.6 cm³/mol. The maximum atomic E-state index is 13.2. The van der Waals surface area contributed by atoms with Crippen LogP contribution in [0.2, 0.25) is 0 Å². The maximum absolute atomic E-state index is 13.2. The number of amides is 2. The van der Waals surface area contributed by atoms with Gasteiger partial charge in [-0.2, -0.15) is 13.2 Å². The van der Waals surface area contributed by atoms with Gasteiger partial charge in [0.15, 0.2) is 6.04 Å². The number of ether oxygens (including phenoxy) is 1. The minimum atomic E-state index is -4.65. The molecule has 0 aliphatic carbocycles. The van der Waals surface area contributed by atoms with Crippen molar-refractivity contribution >= 4 is 6.03 Å². The van der Waals surface area contributed by atoms with Crippen LogP contribution < -0.4 is 10.1 Å². The summed E-state index contributed by atoms with van der Waals surface area (Å²) < 4.78 is 44.4. The molecule has 0 bridgehead atoms. The van der Waals surface area contributed by atoms with E-state index in [1.54, 1.807) is 0 Å². The van der Waals surface area contributed by atoms with Gasteiger partial charge in [-0.15, -0.1) is 0 Å². The third-order valence-electron chi connectivity index (χ3n) is 3.29. The predicted octanol–water partition coefficient (Wildman–Crippen LogP) is 2.32. The van der Waals surface area contributed by atoms with Crippen molar-refractivity contribution in [3.8, 4) is 5.75 Å². The van der Waals surface area contributed by atoms with Crippen molar-refractivity contribution in [1.82, 2.24) is 10.2 Å². The van der Waals surface area contributed by atoms with Crippen LogP contribution in [0.4, 0.5) is 18.0 Å². The van der Waals surface area contributed by atoms with E-state index in [2.05, 4.69) is 0 Å². The van der Waals surface area contributed by atoms with E-state index in [-0.39, 0.29) is 12.2 Å². The number of halogens is 3. The lowest BCUT2D eigenvalue weighted by Crippen LogP contribution is -2.48. The molecule has 0 aromatic heterocycles. The molecule has 1 aromatic carbocycles. The van der Waals surface area contributed by atoms with E-state index in [9.17, 15) is 18.0 Å². The number of methoxy groups -OCH3 is 1. The zero-order valence-electron chi connectivity index (χ0n) is 12.5. The van der Waals surface area contributed by atoms with Crippen LogP contribution in [0.5, 0.6) is 5.75 Å². The second-order valence-corrected chi connectivity index (χ2v) is 4.84. The fourth-order valence-electron chi connectivity index (χ4n) is 1.70. The van der Waals surface area contributed by atoms with E-state index < -0.39 is 24.3 Å². The van der Waals surface area contributed by atoms with Crippen LogP contribution in [-0.2, 0) is 0 Å². The number of alkyl halides is 3. The Hall–Kier alpha value is -1.96. The van der Waals surface area contributed by atoms with Crippen molar-refractivity contribution in [2.24, 2.45) is 0 Å². The summed E-state index contributed by atoms with van der Waals surface area (Å²) in [6, 6.07) is 1.61. The van der Waals surface area contributed by atoms with Crippen LogP contribution in [0.25, 0.3) is 0 Å². The molecule has 8 heteroatoms. The molecule has 0 fully saturated rings. The number of carbonyl (C=O) groups is 1. The summed E-state index contributed by atoms with van der Waals surface area (Å²) in [7, 11) is 2.72. The highest BCUT2D eigenvalue weighted by Gasteiger charge is 2.42. The molecule has 22 heavy (non-hydrogen) atoms. The van der Waals surface area contributed by atoms with Crippen LogP contribution in [-0.4, -0.2) is 49.0 Å². The number of hydrogen-bond acceptors (Lipinski definition) is 3. The summed E-state index contributed by atoms with van der Waals surface area (Å²) in [5.74, 6) is 0.419. The Balaban J connectivity index is 2.96. The second kappa shape index (κ2) is 7.35. The van der Waals surface area contributed by atoms with E-state index in [1.807, 2.05) is 5.32 Å². The summed E-state index contributed by atoms with van der Waals surface area (Å²) in [6.07, 6.45) is -4.65. The smallest absolute Gasteiger partial charge is 0.412 e. The molecule has 0 saturated heterocycles. The quantitative estimate of drug-likeness (QED) is 0.875. The minimum Gasteiger partial charge on any atom is -0.497 e. The first kappa shape index (κ1) is 18.1. The van der Waals surface area contributed by atoms with Crippen LogP contribution in [0.1, 0.15) is 18.5 Å². The molecule has 2 atom stereocenters. The molecule has 0 aliphatic rings. The molecule has 0 spiro atoms. The van der Waals surface area contributed by atoms with Crippen LogP contribution >= 0.6 is 0 Å². The van der Waals surface area contributed by atoms with E-state index in [4.69, 9.17) is 9.84 Å². The highest BCUT2D eigenvalue weighted by Crippen LogP contribution is 2.33. The molecule has 0 radical (unpaired) electrons. The number of likely N-dealkylation sites (N-methyl/N-ethyl adjacent to an activating group) is 1. The molecule has 124 valence electrons. The van der Waals surface area contributed by atoms with Gasteiger partial charge in [0, 0.05) is 7.05 Å². The summed E-state index contributed by atoms with van der Waals surface area (Å²) >= 11 is 0. The highest BCUT2D eigenvalue weighted by atomic mass is 19.4. The topological polar surface area (TPSA) is 61.8 Å². The second-order valence-electron chi connectivity index (χ2n) is 4.84. The molecule has 0 heterocycles. The molecule has 5 nitrogen and oxygen atoms in total. The largest absolute Gasteiger partial charge is 0.497 e. The normalized spacial score (nSPS) is 14.1. The summed E-state index contributed by atoms with van der Waals surface area (Å²) in [5, 5.41) is 10.9. The lowest BCUT2D eigenvalue weighted by molar-refractivity contribution is -0.155. The highest BCUT2D eigenvalue weighted by molar-refractivity contribution is 5.75. The Morgan fingerprint density at radius 3 is 2.32 bits per heavy atom. The molecule has 1 rings (SSSR count). The zero-order chi connectivity index (χ0) is 16.9. The standard InChI is InChI=1S/C14H19F3N2O3/c1-9(8-20)19(2)13(21)18-12(14(15,16)17)10-4-6-11(22-3)7-5-10/h4-7,9,12,20H,8H2,1-3H3,(H,18,21). The first-order valence-electron chi connectivity index (χ1n) is 6.55. The van der Waals surface area contributed by atoms with Gasteiger partial charge in [0.1, 0.15) is 5.75 Å². The van der Waals surface area contributed by atoms with E-state index in [1.165, 1.54) is 45.3 Å². The molecule has 2 amide bonds. The zero-order valence-corrected chi connectivity index (χ0v) is 12.5. The van der Waals surface area contributed by atoms with Gasteiger partial charge < -0.3 is 20.1 Å². The minimum absolute atomic E-state index is 0.105. The van der Waals surface area contributed by atoms with Gasteiger partial charge in [-0.05, 0) is 24.6 Å². The van der Waals surface area contributed by atoms with Gasteiger partial charge in [-0.25, -0.2) is 4.79 Å². The molecular weight excluding hydrogens is 301 g/mol. The molecule has 0 saturated carbocycles. The summed E-state index contributed by atoms with van der Waals surface area (Å²) in [5.41, 5.74) is -0.105. The van der Waals surface area contributed by atoms with Crippen LogP contribution in [0.3, 0.4) is 0 Å². The fraction of sp³-hybridized carbons (Fsp3) is 0.500. The monoisotopic (exact) mass is 320 g/mol. The Kier molecular flexibility index (Phi) is 6.04. The average molecular weight is 320 g/mol. The van der Waals surface area contributed by atoms with Crippen molar-refractivity contribution in [2.45, 2.75) is 25.2 Å². The average Bonchev–Trinajstić information content (AvgIpc) is 2.49. The first-order chi connectivity index (χ1) is 10.2. The van der Waals surface area contributed by atoms with E-state index >= 15 is 0 Å². The number of urea groups is 1. The summed E-state index contributed by atoms with van der Waals surface area (Å²) in [4.78, 5) is 12.9. The van der Waals surface area contributed by atoms with Crippen molar-refractivity contribution in [3.63, 3.8) is 0 Å². The SMILES string of the molecule is COc1ccc(C(NC(=O)N(C)C(C)CO)C(F)(F)F)cc1. The van der Waals surface area contributed by atoms with Gasteiger partial charge >= 0.3 is 12.2 Å². The molecule has 0 aliphatic heterocycles. The number of rotatable bonds is 5. The van der Waals surface area contributed by atoms with Crippen LogP contribution in [0.15, 0.2) is 24.3 Å². The van der Waals surface area contributed by atoms with Crippen LogP contribution in [0, 0.1) is 0 Å². The van der Waals surface area contributed by atoms with E-state index in [0.717, 1.165) is 4.90 Å². The summed E-state index contributed by atoms with van der Waals surface area (Å²) in [6.45, 7) is 1.18. The molecular formula is C14H19F3N2O3. The third-order valence-corrected chi connectivity index (χ3v) is 3.29. The Morgan fingerprint density at radius 1 is 1.36 bits per heavy atom. The molecule has 2 N–H and O–H groups in total. The fourth-order valence-corrected chi connectivity index (χ4v) is 1.70. The number of benzene rings is 1. The Bertz CT molecular complexity index is 491. The number of nitrogens with zero attached hydrogens (tertiary/aromatic N) is 1. The van der Waals surface area contributed by atoms with Crippen molar-refractivity contribution < 1.29 is 27.8 Å². The number of nitrogens with one attached hydrogen (secondary N) is 1. The number of aliphatic hydroxyl groups is 1. The van der Waals surface area contributed by atoms with Crippen molar-refractivity contribution in [3.05, 3.63) is 29.8 Å². The third kappa shape index (κ3) is 4.52. The van der Waals surface area contributed by atoms with Gasteiger partial charge in [-0.1, -0.05) is 12.1 Å². The van der Waals surface area contributed by atoms with Gasteiger partial charge in [0.2, 0.25) is 0 Å². The Morgan fingerprint density at radius 2 is 1.91 bits per heavy atom. The van der Waals surface area contributed by atoms with Crippen molar-refractivity contribution in [1.29, 1.82) is 0 Å². The van der Waals surface area contributed by atoms with Gasteiger partial charge in [-0.3, -0.25) is 0 Å². The number of aliphatic hydroxyl groups excluding tert-OH is 1. The lowest BCUT2D eigenvalue weighted by Gasteiger charge is -2.28. The van der Waals surface area contributed by atoms with E-state index in [0.29, 0.717) is 5.75 Å². The van der Waals surface area contributed by atoms with Gasteiger partial charge in [0.25, 0.3) is 0 Å². The molecule has 2 unspecified atom stereocenters. The number of carbonyl (C=O) groups excluding carboxylic acids is 1. The molecule has 1 aromatic rings. The lowest BCUT2D eigenvalue weighted by atomic mass is 10.1. The Labute approximate surface area is 126 Å². The first-order valence-corrected chi connectivity index (χ1v) is 6.55. The number of hydrogen-bond donors (Lipinski definition) is 2. The van der Waals surface area contributed by atoms with Gasteiger partial charge in [0.05, 0.1) is 19.8 Å².